The highest BCUT2D eigenvalue weighted by Crippen LogP contribution is 2.37. The summed E-state index contributed by atoms with van der Waals surface area (Å²) in [5.41, 5.74) is 8.27. The van der Waals surface area contributed by atoms with E-state index in [-0.39, 0.29) is 5.91 Å². The summed E-state index contributed by atoms with van der Waals surface area (Å²) in [7, 11) is 2.01. The summed E-state index contributed by atoms with van der Waals surface area (Å²) in [6.45, 7) is 5.31. The Kier molecular flexibility index (Phi) is 4.02. The first kappa shape index (κ1) is 14.2. The minimum atomic E-state index is -0.609. The topological polar surface area (TPSA) is 58.4 Å². The second-order valence-electron chi connectivity index (χ2n) is 5.46. The van der Waals surface area contributed by atoms with Crippen LogP contribution in [0.25, 0.3) is 0 Å². The standard InChI is InChI=1S/C14H20ClN3O/c1-8(2)4-5-18(3)12-7-11-9(6-10(12)15)13(16)14(19)17-11/h6-8,13H,4-5,16H2,1-3H3,(H,17,19). The van der Waals surface area contributed by atoms with Crippen LogP contribution in [0.3, 0.4) is 0 Å². The molecule has 1 aliphatic heterocycles. The van der Waals surface area contributed by atoms with Crippen molar-refractivity contribution in [2.24, 2.45) is 11.7 Å². The average Bonchev–Trinajstić information content (AvgIpc) is 2.61. The Morgan fingerprint density at radius 2 is 2.16 bits per heavy atom. The number of hydrogen-bond donors (Lipinski definition) is 2. The first-order valence-corrected chi connectivity index (χ1v) is 6.89. The zero-order valence-corrected chi connectivity index (χ0v) is 12.3. The van der Waals surface area contributed by atoms with Crippen LogP contribution in [0.4, 0.5) is 11.4 Å². The highest BCUT2D eigenvalue weighted by Gasteiger charge is 2.28. The van der Waals surface area contributed by atoms with E-state index in [2.05, 4.69) is 24.1 Å². The summed E-state index contributed by atoms with van der Waals surface area (Å²) in [6, 6.07) is 3.09. The summed E-state index contributed by atoms with van der Waals surface area (Å²) in [4.78, 5) is 13.7. The molecule has 0 saturated heterocycles. The number of fused-ring (bicyclic) bond motifs is 1. The molecule has 0 saturated carbocycles. The van der Waals surface area contributed by atoms with Gasteiger partial charge >= 0.3 is 0 Å². The number of rotatable bonds is 4. The SMILES string of the molecule is CC(C)CCN(C)c1cc2c(cc1Cl)C(N)C(=O)N2. The molecule has 0 bridgehead atoms. The average molecular weight is 282 g/mol. The fourth-order valence-electron chi connectivity index (χ4n) is 2.16. The number of amides is 1. The van der Waals surface area contributed by atoms with Crippen LogP contribution in [0.15, 0.2) is 12.1 Å². The molecule has 0 aromatic heterocycles. The molecule has 0 aliphatic carbocycles. The van der Waals surface area contributed by atoms with Crippen LogP contribution in [-0.2, 0) is 4.79 Å². The Balaban J connectivity index is 2.24. The monoisotopic (exact) mass is 281 g/mol. The van der Waals surface area contributed by atoms with Crippen molar-refractivity contribution in [2.45, 2.75) is 26.3 Å². The third-order valence-corrected chi connectivity index (χ3v) is 3.75. The molecule has 19 heavy (non-hydrogen) atoms. The lowest BCUT2D eigenvalue weighted by Crippen LogP contribution is -2.20. The van der Waals surface area contributed by atoms with E-state index in [9.17, 15) is 4.79 Å². The van der Waals surface area contributed by atoms with E-state index in [0.717, 1.165) is 29.9 Å². The first-order chi connectivity index (χ1) is 8.90. The maximum Gasteiger partial charge on any atom is 0.245 e. The zero-order chi connectivity index (χ0) is 14.2. The van der Waals surface area contributed by atoms with Crippen molar-refractivity contribution in [3.8, 4) is 0 Å². The molecule has 1 heterocycles. The number of carbonyl (C=O) groups is 1. The van der Waals surface area contributed by atoms with Gasteiger partial charge in [0.2, 0.25) is 5.91 Å². The molecule has 3 N–H and O–H groups in total. The number of nitrogens with two attached hydrogens (primary N) is 1. The molecule has 1 aromatic rings. The number of carbonyl (C=O) groups excluding carboxylic acids is 1. The van der Waals surface area contributed by atoms with Crippen molar-refractivity contribution in [3.05, 3.63) is 22.7 Å². The van der Waals surface area contributed by atoms with Gasteiger partial charge in [0.05, 0.1) is 10.7 Å². The van der Waals surface area contributed by atoms with Crippen LogP contribution in [0.5, 0.6) is 0 Å². The fraction of sp³-hybridized carbons (Fsp3) is 0.500. The number of anilines is 2. The lowest BCUT2D eigenvalue weighted by molar-refractivity contribution is -0.116. The first-order valence-electron chi connectivity index (χ1n) is 6.51. The largest absolute Gasteiger partial charge is 0.373 e. The number of nitrogens with one attached hydrogen (secondary N) is 1. The third-order valence-electron chi connectivity index (χ3n) is 3.45. The number of hydrogen-bond acceptors (Lipinski definition) is 3. The van der Waals surface area contributed by atoms with E-state index >= 15 is 0 Å². The van der Waals surface area contributed by atoms with E-state index in [1.165, 1.54) is 0 Å². The molecule has 4 nitrogen and oxygen atoms in total. The molecule has 104 valence electrons. The van der Waals surface area contributed by atoms with E-state index < -0.39 is 6.04 Å². The van der Waals surface area contributed by atoms with E-state index in [4.69, 9.17) is 17.3 Å². The summed E-state index contributed by atoms with van der Waals surface area (Å²) < 4.78 is 0. The molecule has 1 atom stereocenters. The molecule has 2 rings (SSSR count). The zero-order valence-electron chi connectivity index (χ0n) is 11.5. The van der Waals surface area contributed by atoms with Crippen molar-refractivity contribution in [2.75, 3.05) is 23.8 Å². The van der Waals surface area contributed by atoms with Gasteiger partial charge in [-0.1, -0.05) is 25.4 Å². The summed E-state index contributed by atoms with van der Waals surface area (Å²) in [5.74, 6) is 0.469. The summed E-state index contributed by atoms with van der Waals surface area (Å²) in [6.07, 6.45) is 1.09. The van der Waals surface area contributed by atoms with Gasteiger partial charge in [0, 0.05) is 24.8 Å². The van der Waals surface area contributed by atoms with E-state index in [1.807, 2.05) is 13.1 Å². The van der Waals surface area contributed by atoms with Gasteiger partial charge in [-0.3, -0.25) is 4.79 Å². The summed E-state index contributed by atoms with van der Waals surface area (Å²) >= 11 is 6.29. The molecule has 1 aromatic carbocycles. The fourth-order valence-corrected chi connectivity index (χ4v) is 2.48. The maximum absolute atomic E-state index is 11.5. The molecule has 1 aliphatic rings. The molecule has 5 heteroatoms. The molecular formula is C14H20ClN3O. The van der Waals surface area contributed by atoms with Crippen molar-refractivity contribution >= 4 is 28.9 Å². The van der Waals surface area contributed by atoms with Gasteiger partial charge in [0.15, 0.2) is 0 Å². The van der Waals surface area contributed by atoms with Crippen LogP contribution < -0.4 is 16.0 Å². The molecule has 1 amide bonds. The van der Waals surface area contributed by atoms with Gasteiger partial charge in [-0.2, -0.15) is 0 Å². The highest BCUT2D eigenvalue weighted by molar-refractivity contribution is 6.33. The van der Waals surface area contributed by atoms with Crippen molar-refractivity contribution < 1.29 is 4.79 Å². The minimum absolute atomic E-state index is 0.173. The maximum atomic E-state index is 11.5. The summed E-state index contributed by atoms with van der Waals surface area (Å²) in [5, 5.41) is 3.42. The van der Waals surface area contributed by atoms with Gasteiger partial charge in [-0.25, -0.2) is 0 Å². The predicted octanol–water partition coefficient (Wildman–Crippen LogP) is 2.77. The second kappa shape index (κ2) is 5.39. The molecule has 1 unspecified atom stereocenters. The Hall–Kier alpha value is -1.26. The number of halogens is 1. The minimum Gasteiger partial charge on any atom is -0.373 e. The van der Waals surface area contributed by atoms with Crippen LogP contribution in [-0.4, -0.2) is 19.5 Å². The van der Waals surface area contributed by atoms with Crippen LogP contribution in [0.2, 0.25) is 5.02 Å². The Bertz CT molecular complexity index is 502. The van der Waals surface area contributed by atoms with Crippen LogP contribution >= 0.6 is 11.6 Å². The number of benzene rings is 1. The Morgan fingerprint density at radius 1 is 1.47 bits per heavy atom. The van der Waals surface area contributed by atoms with Crippen molar-refractivity contribution in [3.63, 3.8) is 0 Å². The van der Waals surface area contributed by atoms with Gasteiger partial charge in [0.25, 0.3) is 0 Å². The Morgan fingerprint density at radius 3 is 2.79 bits per heavy atom. The van der Waals surface area contributed by atoms with Gasteiger partial charge in [-0.15, -0.1) is 0 Å². The molecule has 0 radical (unpaired) electrons. The van der Waals surface area contributed by atoms with E-state index in [1.54, 1.807) is 6.07 Å². The van der Waals surface area contributed by atoms with Crippen molar-refractivity contribution in [1.29, 1.82) is 0 Å². The number of nitrogens with zero attached hydrogens (tertiary/aromatic N) is 1. The van der Waals surface area contributed by atoms with Crippen LogP contribution in [0, 0.1) is 5.92 Å². The predicted molar refractivity (Wildman–Crippen MR) is 79.7 cm³/mol. The lowest BCUT2D eigenvalue weighted by Gasteiger charge is -2.22. The smallest absolute Gasteiger partial charge is 0.245 e. The van der Waals surface area contributed by atoms with Gasteiger partial charge < -0.3 is 16.0 Å². The quantitative estimate of drug-likeness (QED) is 0.892. The van der Waals surface area contributed by atoms with Gasteiger partial charge in [-0.05, 0) is 24.5 Å². The van der Waals surface area contributed by atoms with Crippen molar-refractivity contribution in [1.82, 2.24) is 0 Å². The molecule has 0 fully saturated rings. The Labute approximate surface area is 118 Å². The lowest BCUT2D eigenvalue weighted by atomic mass is 10.1. The molecular weight excluding hydrogens is 262 g/mol. The van der Waals surface area contributed by atoms with Crippen LogP contribution in [0.1, 0.15) is 31.9 Å². The normalized spacial score (nSPS) is 17.6. The van der Waals surface area contributed by atoms with E-state index in [0.29, 0.717) is 10.9 Å². The second-order valence-corrected chi connectivity index (χ2v) is 5.87. The molecule has 0 spiro atoms. The van der Waals surface area contributed by atoms with Gasteiger partial charge in [0.1, 0.15) is 6.04 Å². The highest BCUT2D eigenvalue weighted by atomic mass is 35.5. The third kappa shape index (κ3) is 2.85.